The molecule has 0 saturated carbocycles. The highest BCUT2D eigenvalue weighted by Gasteiger charge is 2.11. The highest BCUT2D eigenvalue weighted by Crippen LogP contribution is 2.32. The van der Waals surface area contributed by atoms with E-state index in [4.69, 9.17) is 9.47 Å². The van der Waals surface area contributed by atoms with Crippen molar-refractivity contribution < 1.29 is 9.47 Å². The maximum Gasteiger partial charge on any atom is 0.166 e. The Hall–Kier alpha value is -1.04. The van der Waals surface area contributed by atoms with E-state index >= 15 is 0 Å². The van der Waals surface area contributed by atoms with E-state index in [0.29, 0.717) is 6.61 Å². The number of benzene rings is 1. The number of halogens is 1. The van der Waals surface area contributed by atoms with Crippen LogP contribution in [0, 0.1) is 0 Å². The molecule has 0 aliphatic rings. The monoisotopic (exact) mass is 355 g/mol. The molecule has 108 valence electrons. The van der Waals surface area contributed by atoms with E-state index in [0.717, 1.165) is 33.9 Å². The molecule has 0 amide bonds. The van der Waals surface area contributed by atoms with Crippen LogP contribution in [-0.4, -0.2) is 13.7 Å². The van der Waals surface area contributed by atoms with E-state index < -0.39 is 0 Å². The van der Waals surface area contributed by atoms with Crippen molar-refractivity contribution in [3.05, 3.63) is 44.6 Å². The number of rotatable bonds is 7. The minimum Gasteiger partial charge on any atom is -0.493 e. The fraction of sp³-hybridized carbons (Fsp3) is 0.333. The minimum absolute atomic E-state index is 0.551. The predicted octanol–water partition coefficient (Wildman–Crippen LogP) is 4.21. The third kappa shape index (κ3) is 3.98. The van der Waals surface area contributed by atoms with Gasteiger partial charge in [0.25, 0.3) is 0 Å². The van der Waals surface area contributed by atoms with Crippen LogP contribution < -0.4 is 14.8 Å². The molecule has 0 atom stereocenters. The number of thiophene rings is 1. The topological polar surface area (TPSA) is 30.5 Å². The van der Waals surface area contributed by atoms with Crippen LogP contribution in [0.1, 0.15) is 17.4 Å². The van der Waals surface area contributed by atoms with Gasteiger partial charge in [-0.25, -0.2) is 0 Å². The van der Waals surface area contributed by atoms with Gasteiger partial charge >= 0.3 is 0 Å². The molecule has 0 aliphatic carbocycles. The highest BCUT2D eigenvalue weighted by atomic mass is 79.9. The molecule has 0 aliphatic heterocycles. The summed E-state index contributed by atoms with van der Waals surface area (Å²) in [6.45, 7) is 4.34. The van der Waals surface area contributed by atoms with Crippen molar-refractivity contribution in [2.45, 2.75) is 20.1 Å². The molecule has 5 heteroatoms. The van der Waals surface area contributed by atoms with E-state index in [1.165, 1.54) is 4.88 Å². The molecule has 0 radical (unpaired) electrons. The molecule has 1 aromatic heterocycles. The summed E-state index contributed by atoms with van der Waals surface area (Å²) in [6.07, 6.45) is 0. The summed E-state index contributed by atoms with van der Waals surface area (Å²) < 4.78 is 12.5. The van der Waals surface area contributed by atoms with Crippen molar-refractivity contribution in [2.24, 2.45) is 0 Å². The first-order valence-corrected chi connectivity index (χ1v) is 8.09. The molecular formula is C15H18BrNO2S. The molecule has 0 fully saturated rings. The minimum atomic E-state index is 0.551. The number of para-hydroxylation sites is 1. The lowest BCUT2D eigenvalue weighted by atomic mass is 10.2. The van der Waals surface area contributed by atoms with Gasteiger partial charge in [0.1, 0.15) is 6.61 Å². The summed E-state index contributed by atoms with van der Waals surface area (Å²) in [4.78, 5) is 1.18. The van der Waals surface area contributed by atoms with Crippen LogP contribution in [0.25, 0.3) is 0 Å². The number of ether oxygens (including phenoxy) is 2. The average Bonchev–Trinajstić information content (AvgIpc) is 2.88. The first kappa shape index (κ1) is 15.4. The Bertz CT molecular complexity index is 557. The first-order valence-electron chi connectivity index (χ1n) is 6.48. The second-order valence-corrected chi connectivity index (χ2v) is 6.77. The third-order valence-corrected chi connectivity index (χ3v) is 4.43. The normalized spacial score (nSPS) is 10.6. The molecule has 0 unspecified atom stereocenters. The van der Waals surface area contributed by atoms with Crippen molar-refractivity contribution in [1.29, 1.82) is 0 Å². The van der Waals surface area contributed by atoms with Crippen LogP contribution in [0.5, 0.6) is 11.5 Å². The molecule has 0 saturated heterocycles. The quantitative estimate of drug-likeness (QED) is 0.806. The van der Waals surface area contributed by atoms with Gasteiger partial charge in [-0.1, -0.05) is 19.1 Å². The standard InChI is InChI=1S/C15H18BrNO2S/c1-3-17-9-11-5-4-6-13(18-2)15(11)19-10-12-7-8-14(16)20-12/h4-8,17H,3,9-10H2,1-2H3. The summed E-state index contributed by atoms with van der Waals surface area (Å²) in [5, 5.41) is 3.32. The molecular weight excluding hydrogens is 338 g/mol. The smallest absolute Gasteiger partial charge is 0.166 e. The predicted molar refractivity (Wildman–Crippen MR) is 86.7 cm³/mol. The lowest BCUT2D eigenvalue weighted by Gasteiger charge is -2.14. The lowest BCUT2D eigenvalue weighted by Crippen LogP contribution is -2.13. The van der Waals surface area contributed by atoms with Crippen molar-refractivity contribution in [3.63, 3.8) is 0 Å². The zero-order valence-corrected chi connectivity index (χ0v) is 14.0. The Labute approximate surface area is 132 Å². The number of hydrogen-bond donors (Lipinski definition) is 1. The molecule has 20 heavy (non-hydrogen) atoms. The van der Waals surface area contributed by atoms with Gasteiger partial charge in [-0.2, -0.15) is 0 Å². The second kappa shape index (κ2) is 7.67. The summed E-state index contributed by atoms with van der Waals surface area (Å²) >= 11 is 5.14. The van der Waals surface area contributed by atoms with Crippen molar-refractivity contribution >= 4 is 27.3 Å². The van der Waals surface area contributed by atoms with Crippen LogP contribution in [0.2, 0.25) is 0 Å². The zero-order chi connectivity index (χ0) is 14.4. The van der Waals surface area contributed by atoms with Gasteiger partial charge in [0, 0.05) is 17.0 Å². The summed E-state index contributed by atoms with van der Waals surface area (Å²) in [7, 11) is 1.67. The molecule has 0 spiro atoms. The fourth-order valence-electron chi connectivity index (χ4n) is 1.86. The van der Waals surface area contributed by atoms with E-state index in [9.17, 15) is 0 Å². The van der Waals surface area contributed by atoms with Crippen LogP contribution in [0.15, 0.2) is 34.1 Å². The SMILES string of the molecule is CCNCc1cccc(OC)c1OCc1ccc(Br)s1. The Kier molecular flexibility index (Phi) is 5.88. The third-order valence-electron chi connectivity index (χ3n) is 2.83. The van der Waals surface area contributed by atoms with Gasteiger partial charge in [0.15, 0.2) is 11.5 Å². The largest absolute Gasteiger partial charge is 0.493 e. The van der Waals surface area contributed by atoms with Crippen LogP contribution in [0.4, 0.5) is 0 Å². The summed E-state index contributed by atoms with van der Waals surface area (Å²) in [5.41, 5.74) is 1.11. The number of nitrogens with one attached hydrogen (secondary N) is 1. The van der Waals surface area contributed by atoms with Crippen molar-refractivity contribution in [2.75, 3.05) is 13.7 Å². The zero-order valence-electron chi connectivity index (χ0n) is 11.6. The van der Waals surface area contributed by atoms with E-state index in [2.05, 4.69) is 40.3 Å². The van der Waals surface area contributed by atoms with E-state index in [1.54, 1.807) is 18.4 Å². The summed E-state index contributed by atoms with van der Waals surface area (Å²) in [6, 6.07) is 10.1. The van der Waals surface area contributed by atoms with E-state index in [1.807, 2.05) is 18.2 Å². The summed E-state index contributed by atoms with van der Waals surface area (Å²) in [5.74, 6) is 1.59. The van der Waals surface area contributed by atoms with Gasteiger partial charge in [-0.3, -0.25) is 0 Å². The first-order chi connectivity index (χ1) is 9.74. The second-order valence-electron chi connectivity index (χ2n) is 4.22. The molecule has 2 rings (SSSR count). The Morgan fingerprint density at radius 3 is 2.75 bits per heavy atom. The number of methoxy groups -OCH3 is 1. The van der Waals surface area contributed by atoms with Crippen LogP contribution >= 0.6 is 27.3 Å². The van der Waals surface area contributed by atoms with Crippen molar-refractivity contribution in [1.82, 2.24) is 5.32 Å². The Morgan fingerprint density at radius 2 is 2.10 bits per heavy atom. The Morgan fingerprint density at radius 1 is 1.25 bits per heavy atom. The average molecular weight is 356 g/mol. The highest BCUT2D eigenvalue weighted by molar-refractivity contribution is 9.11. The molecule has 1 heterocycles. The van der Waals surface area contributed by atoms with Gasteiger partial charge in [-0.05, 0) is 40.7 Å². The van der Waals surface area contributed by atoms with Gasteiger partial charge in [-0.15, -0.1) is 11.3 Å². The fourth-order valence-corrected chi connectivity index (χ4v) is 3.25. The maximum absolute atomic E-state index is 5.98. The Balaban J connectivity index is 2.14. The van der Waals surface area contributed by atoms with Crippen LogP contribution in [0.3, 0.4) is 0 Å². The molecule has 0 bridgehead atoms. The van der Waals surface area contributed by atoms with Gasteiger partial charge in [0.2, 0.25) is 0 Å². The molecule has 1 aromatic carbocycles. The molecule has 2 aromatic rings. The number of hydrogen-bond acceptors (Lipinski definition) is 4. The van der Waals surface area contributed by atoms with Crippen molar-refractivity contribution in [3.8, 4) is 11.5 Å². The molecule has 3 nitrogen and oxygen atoms in total. The molecule has 1 N–H and O–H groups in total. The van der Waals surface area contributed by atoms with Gasteiger partial charge in [0.05, 0.1) is 10.9 Å². The van der Waals surface area contributed by atoms with Gasteiger partial charge < -0.3 is 14.8 Å². The van der Waals surface area contributed by atoms with E-state index in [-0.39, 0.29) is 0 Å². The maximum atomic E-state index is 5.98. The van der Waals surface area contributed by atoms with Crippen LogP contribution in [-0.2, 0) is 13.2 Å². The lowest BCUT2D eigenvalue weighted by molar-refractivity contribution is 0.283.